The number of aliphatic hydroxyl groups excluding tert-OH is 1. The van der Waals surface area contributed by atoms with Gasteiger partial charge in [0.15, 0.2) is 0 Å². The van der Waals surface area contributed by atoms with Crippen molar-refractivity contribution in [2.24, 2.45) is 22.7 Å². The van der Waals surface area contributed by atoms with Gasteiger partial charge in [-0.15, -0.1) is 0 Å². The lowest BCUT2D eigenvalue weighted by molar-refractivity contribution is -0.157. The zero-order valence-corrected chi connectivity index (χ0v) is 30.2. The van der Waals surface area contributed by atoms with Gasteiger partial charge in [-0.1, -0.05) is 45.9 Å². The fourth-order valence-corrected chi connectivity index (χ4v) is 4.33. The summed E-state index contributed by atoms with van der Waals surface area (Å²) in [7, 11) is 0. The van der Waals surface area contributed by atoms with Crippen LogP contribution in [-0.2, 0) is 28.7 Å². The van der Waals surface area contributed by atoms with E-state index in [1.54, 1.807) is 37.9 Å². The Balaban J connectivity index is 0.000000365. The van der Waals surface area contributed by atoms with Crippen LogP contribution >= 0.6 is 0 Å². The molecule has 0 aromatic heterocycles. The van der Waals surface area contributed by atoms with Crippen LogP contribution in [0.25, 0.3) is 0 Å². The molecular weight excluding hydrogens is 604 g/mol. The summed E-state index contributed by atoms with van der Waals surface area (Å²) in [6.07, 6.45) is 1.82. The summed E-state index contributed by atoms with van der Waals surface area (Å²) in [5.41, 5.74) is 2.87. The maximum absolute atomic E-state index is 11.9. The van der Waals surface area contributed by atoms with Gasteiger partial charge in [0.1, 0.15) is 13.2 Å². The fourth-order valence-electron chi connectivity index (χ4n) is 4.33. The van der Waals surface area contributed by atoms with Crippen LogP contribution in [0.2, 0.25) is 0 Å². The van der Waals surface area contributed by atoms with Gasteiger partial charge in [-0.05, 0) is 79.9 Å². The number of para-hydroxylation sites is 1. The standard InChI is InChI=1S/C14H27N3O3.C12H13NO2.C9H18O3/c1-6-14(4,5)12(18)20-8-7-15-13(19)17-11(3)9-10(2)16-17;1-8-9(2)12(15)13(11(8)14)10-6-4-3-5-7-10;1-5-9(3,4)8(11)12-6-7(2)10/h10-11,16H,6-9H2,1-5H3,(H,15,19);3-9H,1-2H3;7,10H,5-6H2,1-4H3. The minimum atomic E-state index is -0.582. The SMILES string of the molecule is CC1C(=O)N(c2ccccc2)C(=O)C1C.CCC(C)(C)C(=O)OCC(C)O.CCC(C)(C)C(=O)OCCNC(=O)N1NC(C)CC1C. The smallest absolute Gasteiger partial charge is 0.332 e. The molecule has 2 aliphatic rings. The van der Waals surface area contributed by atoms with E-state index in [4.69, 9.17) is 14.6 Å². The number of nitrogens with one attached hydrogen (secondary N) is 2. The predicted octanol–water partition coefficient (Wildman–Crippen LogP) is 4.84. The van der Waals surface area contributed by atoms with E-state index in [1.165, 1.54) is 4.90 Å². The molecule has 0 spiro atoms. The number of imide groups is 1. The van der Waals surface area contributed by atoms with E-state index in [0.717, 1.165) is 19.3 Å². The van der Waals surface area contributed by atoms with Crippen molar-refractivity contribution in [3.63, 3.8) is 0 Å². The highest BCUT2D eigenvalue weighted by Crippen LogP contribution is 2.30. The second kappa shape index (κ2) is 18.7. The van der Waals surface area contributed by atoms with E-state index in [2.05, 4.69) is 10.7 Å². The van der Waals surface area contributed by atoms with Gasteiger partial charge in [-0.3, -0.25) is 29.1 Å². The Morgan fingerprint density at radius 1 is 0.915 bits per heavy atom. The molecule has 3 N–H and O–H groups in total. The Morgan fingerprint density at radius 3 is 1.83 bits per heavy atom. The zero-order chi connectivity index (χ0) is 36.1. The third kappa shape index (κ3) is 12.6. The minimum absolute atomic E-state index is 0.0856. The number of nitrogens with zero attached hydrogens (tertiary/aromatic N) is 2. The first-order valence-electron chi connectivity index (χ1n) is 16.6. The molecule has 0 saturated carbocycles. The number of hydrogen-bond donors (Lipinski definition) is 3. The van der Waals surface area contributed by atoms with E-state index >= 15 is 0 Å². The van der Waals surface area contributed by atoms with Crippen LogP contribution in [0, 0.1) is 22.7 Å². The lowest BCUT2D eigenvalue weighted by Gasteiger charge is -2.23. The largest absolute Gasteiger partial charge is 0.463 e. The number of hydrazine groups is 1. The first kappa shape index (κ1) is 41.5. The van der Waals surface area contributed by atoms with Crippen molar-refractivity contribution >= 4 is 35.5 Å². The number of benzene rings is 1. The number of amides is 4. The molecule has 5 atom stereocenters. The Kier molecular flexibility index (Phi) is 16.5. The summed E-state index contributed by atoms with van der Waals surface area (Å²) in [6, 6.07) is 9.37. The number of carbonyl (C=O) groups excluding carboxylic acids is 5. The summed E-state index contributed by atoms with van der Waals surface area (Å²) in [6.45, 7) is 21.1. The molecule has 266 valence electrons. The molecule has 0 radical (unpaired) electrons. The van der Waals surface area contributed by atoms with Crippen LogP contribution in [0.5, 0.6) is 0 Å². The summed E-state index contributed by atoms with van der Waals surface area (Å²) in [5.74, 6) is -1.09. The quantitative estimate of drug-likeness (QED) is 0.181. The highest BCUT2D eigenvalue weighted by Gasteiger charge is 2.43. The summed E-state index contributed by atoms with van der Waals surface area (Å²) in [5, 5.41) is 13.2. The van der Waals surface area contributed by atoms with Crippen LogP contribution in [0.4, 0.5) is 10.5 Å². The van der Waals surface area contributed by atoms with Gasteiger partial charge in [0, 0.05) is 23.9 Å². The topological polar surface area (TPSA) is 155 Å². The Morgan fingerprint density at radius 2 is 1.40 bits per heavy atom. The number of anilines is 1. The van der Waals surface area contributed by atoms with Crippen LogP contribution < -0.4 is 15.6 Å². The highest BCUT2D eigenvalue weighted by atomic mass is 16.5. The minimum Gasteiger partial charge on any atom is -0.463 e. The molecule has 5 unspecified atom stereocenters. The number of hydrogen-bond acceptors (Lipinski definition) is 9. The third-order valence-corrected chi connectivity index (χ3v) is 8.64. The fraction of sp³-hybridized carbons (Fsp3) is 0.686. The highest BCUT2D eigenvalue weighted by molar-refractivity contribution is 6.21. The molecule has 1 aromatic rings. The first-order valence-corrected chi connectivity index (χ1v) is 16.6. The Labute approximate surface area is 280 Å². The van der Waals surface area contributed by atoms with Crippen molar-refractivity contribution in [1.82, 2.24) is 15.8 Å². The molecule has 2 fully saturated rings. The maximum Gasteiger partial charge on any atom is 0.332 e. The van der Waals surface area contributed by atoms with E-state index in [0.29, 0.717) is 18.3 Å². The summed E-state index contributed by atoms with van der Waals surface area (Å²) in [4.78, 5) is 59.9. The van der Waals surface area contributed by atoms with E-state index in [1.807, 2.05) is 73.6 Å². The Hall–Kier alpha value is -3.51. The number of carbonyl (C=O) groups is 5. The molecule has 47 heavy (non-hydrogen) atoms. The number of esters is 2. The van der Waals surface area contributed by atoms with Gasteiger partial charge < -0.3 is 19.9 Å². The molecular formula is C35H58N4O8. The molecule has 2 heterocycles. The molecule has 12 nitrogen and oxygen atoms in total. The monoisotopic (exact) mass is 662 g/mol. The molecule has 3 rings (SSSR count). The molecule has 1 aromatic carbocycles. The van der Waals surface area contributed by atoms with Crippen molar-refractivity contribution in [2.75, 3.05) is 24.7 Å². The van der Waals surface area contributed by atoms with Gasteiger partial charge in [0.05, 0.1) is 29.2 Å². The van der Waals surface area contributed by atoms with E-state index < -0.39 is 16.9 Å². The molecule has 12 heteroatoms. The van der Waals surface area contributed by atoms with Crippen molar-refractivity contribution in [1.29, 1.82) is 0 Å². The molecule has 4 amide bonds. The summed E-state index contributed by atoms with van der Waals surface area (Å²) < 4.78 is 10.0. The van der Waals surface area contributed by atoms with Crippen LogP contribution in [0.3, 0.4) is 0 Å². The van der Waals surface area contributed by atoms with Crippen molar-refractivity contribution < 1.29 is 38.6 Å². The molecule has 2 aliphatic heterocycles. The van der Waals surface area contributed by atoms with Gasteiger partial charge >= 0.3 is 18.0 Å². The average molecular weight is 663 g/mol. The number of ether oxygens (including phenoxy) is 2. The van der Waals surface area contributed by atoms with Gasteiger partial charge in [0.25, 0.3) is 0 Å². The molecule has 0 bridgehead atoms. The molecule has 2 saturated heterocycles. The normalized spacial score (nSPS) is 21.6. The van der Waals surface area contributed by atoms with Crippen LogP contribution in [-0.4, -0.2) is 77.8 Å². The maximum atomic E-state index is 11.9. The van der Waals surface area contributed by atoms with E-state index in [-0.39, 0.29) is 60.9 Å². The van der Waals surface area contributed by atoms with Gasteiger partial charge in [-0.2, -0.15) is 0 Å². The molecule has 0 aliphatic carbocycles. The second-order valence-corrected chi connectivity index (χ2v) is 13.7. The number of aliphatic hydroxyl groups is 1. The van der Waals surface area contributed by atoms with E-state index in [9.17, 15) is 24.0 Å². The van der Waals surface area contributed by atoms with Crippen LogP contribution in [0.1, 0.15) is 95.4 Å². The van der Waals surface area contributed by atoms with Crippen molar-refractivity contribution in [2.45, 2.75) is 114 Å². The van der Waals surface area contributed by atoms with Gasteiger partial charge in [0.2, 0.25) is 11.8 Å². The van der Waals surface area contributed by atoms with Crippen molar-refractivity contribution in [3.8, 4) is 0 Å². The zero-order valence-electron chi connectivity index (χ0n) is 30.2. The lowest BCUT2D eigenvalue weighted by atomic mass is 9.91. The van der Waals surface area contributed by atoms with Gasteiger partial charge in [-0.25, -0.2) is 10.2 Å². The number of rotatable bonds is 10. The lowest BCUT2D eigenvalue weighted by Crippen LogP contribution is -2.49. The average Bonchev–Trinajstić information content (AvgIpc) is 3.47. The number of urea groups is 1. The predicted molar refractivity (Wildman–Crippen MR) is 181 cm³/mol. The Bertz CT molecular complexity index is 1170. The second-order valence-electron chi connectivity index (χ2n) is 13.7. The first-order chi connectivity index (χ1) is 21.8. The summed E-state index contributed by atoms with van der Waals surface area (Å²) >= 11 is 0. The van der Waals surface area contributed by atoms with Crippen molar-refractivity contribution in [3.05, 3.63) is 30.3 Å². The third-order valence-electron chi connectivity index (χ3n) is 8.64. The van der Waals surface area contributed by atoms with Crippen LogP contribution in [0.15, 0.2) is 30.3 Å².